The summed E-state index contributed by atoms with van der Waals surface area (Å²) in [5.41, 5.74) is 2.19. The minimum absolute atomic E-state index is 0.0105. The number of carbonyl (C=O) groups is 1. The quantitative estimate of drug-likeness (QED) is 0.792. The van der Waals surface area contributed by atoms with Gasteiger partial charge >= 0.3 is 0 Å². The fourth-order valence-corrected chi connectivity index (χ4v) is 3.31. The zero-order valence-corrected chi connectivity index (χ0v) is 16.2. The van der Waals surface area contributed by atoms with E-state index < -0.39 is 0 Å². The Labute approximate surface area is 165 Å². The minimum atomic E-state index is -0.159. The van der Waals surface area contributed by atoms with Gasteiger partial charge in [-0.15, -0.1) is 0 Å². The van der Waals surface area contributed by atoms with Gasteiger partial charge in [0, 0.05) is 31.2 Å². The highest BCUT2D eigenvalue weighted by Gasteiger charge is 2.21. The normalized spacial score (nSPS) is 17.5. The van der Waals surface area contributed by atoms with Crippen LogP contribution in [0.2, 0.25) is 5.02 Å². The number of ether oxygens (including phenoxy) is 2. The van der Waals surface area contributed by atoms with Gasteiger partial charge in [-0.05, 0) is 36.2 Å². The fraction of sp³-hybridized carbons (Fsp3) is 0.381. The molecule has 0 radical (unpaired) electrons. The van der Waals surface area contributed by atoms with Crippen LogP contribution in [0.4, 0.5) is 0 Å². The summed E-state index contributed by atoms with van der Waals surface area (Å²) in [5.74, 6) is 0.505. The molecule has 1 amide bonds. The van der Waals surface area contributed by atoms with Gasteiger partial charge in [0.2, 0.25) is 0 Å². The van der Waals surface area contributed by atoms with Crippen LogP contribution in [0.1, 0.15) is 11.1 Å². The largest absolute Gasteiger partial charge is 0.484 e. The Morgan fingerprint density at radius 1 is 1.30 bits per heavy atom. The molecule has 1 aliphatic heterocycles. The molecule has 1 aliphatic rings. The molecule has 0 spiro atoms. The third kappa shape index (κ3) is 6.24. The van der Waals surface area contributed by atoms with E-state index in [9.17, 15) is 4.79 Å². The lowest BCUT2D eigenvalue weighted by Crippen LogP contribution is -2.47. The van der Waals surface area contributed by atoms with Gasteiger partial charge in [0.15, 0.2) is 6.61 Å². The summed E-state index contributed by atoms with van der Waals surface area (Å²) in [6.45, 7) is 5.62. The standard InChI is InChI=1S/C21H25ClN2O3/c1-16-11-18(22)7-8-20(16)27-15-21(25)23-12-19-14-24(9-10-26-19)13-17-5-3-2-4-6-17/h2-8,11,19H,9-10,12-15H2,1H3,(H,23,25)/t19-/m1/s1. The van der Waals surface area contributed by atoms with Crippen molar-refractivity contribution < 1.29 is 14.3 Å². The number of halogens is 1. The van der Waals surface area contributed by atoms with Gasteiger partial charge < -0.3 is 14.8 Å². The number of benzene rings is 2. The second-order valence-corrected chi connectivity index (χ2v) is 7.15. The Kier molecular flexibility index (Phi) is 7.10. The van der Waals surface area contributed by atoms with E-state index in [1.165, 1.54) is 5.56 Å². The van der Waals surface area contributed by atoms with Crippen molar-refractivity contribution in [2.24, 2.45) is 0 Å². The number of morpholine rings is 1. The van der Waals surface area contributed by atoms with Crippen molar-refractivity contribution in [2.75, 3.05) is 32.8 Å². The van der Waals surface area contributed by atoms with E-state index in [0.29, 0.717) is 23.9 Å². The van der Waals surface area contributed by atoms with Gasteiger partial charge in [-0.3, -0.25) is 9.69 Å². The van der Waals surface area contributed by atoms with Crippen LogP contribution in [0.3, 0.4) is 0 Å². The van der Waals surface area contributed by atoms with E-state index in [2.05, 4.69) is 34.5 Å². The maximum atomic E-state index is 12.1. The monoisotopic (exact) mass is 388 g/mol. The molecule has 0 bridgehead atoms. The zero-order valence-electron chi connectivity index (χ0n) is 15.5. The average molecular weight is 389 g/mol. The highest BCUT2D eigenvalue weighted by molar-refractivity contribution is 6.30. The summed E-state index contributed by atoms with van der Waals surface area (Å²) in [7, 11) is 0. The maximum Gasteiger partial charge on any atom is 0.258 e. The Morgan fingerprint density at radius 3 is 2.89 bits per heavy atom. The van der Waals surface area contributed by atoms with Crippen molar-refractivity contribution in [1.82, 2.24) is 10.2 Å². The number of nitrogens with one attached hydrogen (secondary N) is 1. The zero-order chi connectivity index (χ0) is 19.1. The predicted octanol–water partition coefficient (Wildman–Crippen LogP) is 3.04. The topological polar surface area (TPSA) is 50.8 Å². The molecule has 1 saturated heterocycles. The number of aryl methyl sites for hydroxylation is 1. The summed E-state index contributed by atoms with van der Waals surface area (Å²) in [4.78, 5) is 14.4. The minimum Gasteiger partial charge on any atom is -0.484 e. The molecule has 5 nitrogen and oxygen atoms in total. The number of amides is 1. The summed E-state index contributed by atoms with van der Waals surface area (Å²) in [5, 5.41) is 3.55. The molecule has 0 unspecified atom stereocenters. The molecule has 0 saturated carbocycles. The van der Waals surface area contributed by atoms with Crippen molar-refractivity contribution in [3.8, 4) is 5.75 Å². The van der Waals surface area contributed by atoms with E-state index in [1.54, 1.807) is 12.1 Å². The fourth-order valence-electron chi connectivity index (χ4n) is 3.09. The molecule has 0 aliphatic carbocycles. The van der Waals surface area contributed by atoms with E-state index in [1.807, 2.05) is 19.1 Å². The second kappa shape index (κ2) is 9.74. The van der Waals surface area contributed by atoms with Crippen LogP contribution < -0.4 is 10.1 Å². The molecular weight excluding hydrogens is 364 g/mol. The lowest BCUT2D eigenvalue weighted by atomic mass is 10.2. The summed E-state index contributed by atoms with van der Waals surface area (Å²) in [6.07, 6.45) is -0.0105. The van der Waals surface area contributed by atoms with Crippen LogP contribution in [0, 0.1) is 6.92 Å². The molecule has 144 valence electrons. The number of hydrogen-bond donors (Lipinski definition) is 1. The maximum absolute atomic E-state index is 12.1. The first-order chi connectivity index (χ1) is 13.1. The number of rotatable bonds is 7. The molecule has 1 N–H and O–H groups in total. The van der Waals surface area contributed by atoms with Crippen LogP contribution >= 0.6 is 11.6 Å². The van der Waals surface area contributed by atoms with Gasteiger partial charge in [0.05, 0.1) is 12.7 Å². The Hall–Kier alpha value is -2.08. The first kappa shape index (κ1) is 19.7. The molecule has 0 aromatic heterocycles. The van der Waals surface area contributed by atoms with Crippen molar-refractivity contribution in [3.63, 3.8) is 0 Å². The molecule has 3 rings (SSSR count). The highest BCUT2D eigenvalue weighted by atomic mass is 35.5. The molecule has 2 aromatic rings. The molecule has 1 heterocycles. The smallest absolute Gasteiger partial charge is 0.258 e. The molecule has 2 aromatic carbocycles. The molecule has 1 fully saturated rings. The summed E-state index contributed by atoms with van der Waals surface area (Å²) < 4.78 is 11.4. The Bertz CT molecular complexity index is 754. The van der Waals surface area contributed by atoms with Gasteiger partial charge in [0.25, 0.3) is 5.91 Å². The van der Waals surface area contributed by atoms with Crippen molar-refractivity contribution in [2.45, 2.75) is 19.6 Å². The Balaban J connectivity index is 1.40. The Morgan fingerprint density at radius 2 is 2.11 bits per heavy atom. The van der Waals surface area contributed by atoms with Crippen LogP contribution in [-0.4, -0.2) is 49.8 Å². The number of carbonyl (C=O) groups excluding carboxylic acids is 1. The first-order valence-electron chi connectivity index (χ1n) is 9.13. The SMILES string of the molecule is Cc1cc(Cl)ccc1OCC(=O)NC[C@@H]1CN(Cc2ccccc2)CCO1. The molecule has 6 heteroatoms. The van der Waals surface area contributed by atoms with Gasteiger partial charge in [-0.1, -0.05) is 41.9 Å². The van der Waals surface area contributed by atoms with Crippen molar-refractivity contribution >= 4 is 17.5 Å². The summed E-state index contributed by atoms with van der Waals surface area (Å²) in [6, 6.07) is 15.7. The van der Waals surface area contributed by atoms with Crippen LogP contribution in [0.25, 0.3) is 0 Å². The predicted molar refractivity (Wildman–Crippen MR) is 106 cm³/mol. The van der Waals surface area contributed by atoms with E-state index in [0.717, 1.165) is 25.2 Å². The number of hydrogen-bond acceptors (Lipinski definition) is 4. The van der Waals surface area contributed by atoms with Gasteiger partial charge in [-0.2, -0.15) is 0 Å². The van der Waals surface area contributed by atoms with Gasteiger partial charge in [0.1, 0.15) is 5.75 Å². The van der Waals surface area contributed by atoms with Crippen LogP contribution in [0.5, 0.6) is 5.75 Å². The second-order valence-electron chi connectivity index (χ2n) is 6.72. The lowest BCUT2D eigenvalue weighted by molar-refractivity contribution is -0.124. The first-order valence-corrected chi connectivity index (χ1v) is 9.51. The summed E-state index contributed by atoms with van der Waals surface area (Å²) >= 11 is 5.93. The van der Waals surface area contributed by atoms with Crippen LogP contribution in [-0.2, 0) is 16.1 Å². The average Bonchev–Trinajstić information content (AvgIpc) is 2.67. The van der Waals surface area contributed by atoms with E-state index >= 15 is 0 Å². The van der Waals surface area contributed by atoms with Gasteiger partial charge in [-0.25, -0.2) is 0 Å². The third-order valence-corrected chi connectivity index (χ3v) is 4.73. The van der Waals surface area contributed by atoms with E-state index in [4.69, 9.17) is 21.1 Å². The van der Waals surface area contributed by atoms with Crippen molar-refractivity contribution in [1.29, 1.82) is 0 Å². The van der Waals surface area contributed by atoms with Crippen LogP contribution in [0.15, 0.2) is 48.5 Å². The lowest BCUT2D eigenvalue weighted by Gasteiger charge is -2.33. The van der Waals surface area contributed by atoms with Crippen molar-refractivity contribution in [3.05, 3.63) is 64.7 Å². The molecule has 27 heavy (non-hydrogen) atoms. The third-order valence-electron chi connectivity index (χ3n) is 4.49. The highest BCUT2D eigenvalue weighted by Crippen LogP contribution is 2.21. The van der Waals surface area contributed by atoms with E-state index in [-0.39, 0.29) is 18.6 Å². The molecular formula is C21H25ClN2O3. The molecule has 1 atom stereocenters. The number of nitrogens with zero attached hydrogens (tertiary/aromatic N) is 1.